The quantitative estimate of drug-likeness (QED) is 0.187. The van der Waals surface area contributed by atoms with E-state index in [1.54, 1.807) is 0 Å². The maximum atomic E-state index is 6.58. The van der Waals surface area contributed by atoms with E-state index >= 15 is 0 Å². The molecule has 1 aromatic heterocycles. The zero-order chi connectivity index (χ0) is 31.3. The number of anilines is 3. The van der Waals surface area contributed by atoms with E-state index in [0.717, 1.165) is 39.0 Å². The largest absolute Gasteiger partial charge is 0.454 e. The second-order valence-corrected chi connectivity index (χ2v) is 13.3. The van der Waals surface area contributed by atoms with Crippen molar-refractivity contribution in [2.75, 3.05) is 4.90 Å². The number of hydrogen-bond acceptors (Lipinski definition) is 2. The fourth-order valence-corrected chi connectivity index (χ4v) is 8.34. The molecule has 2 nitrogen and oxygen atoms in total. The van der Waals surface area contributed by atoms with Gasteiger partial charge in [-0.05, 0) is 91.0 Å². The third-order valence-corrected chi connectivity index (χ3v) is 10.4. The van der Waals surface area contributed by atoms with Crippen molar-refractivity contribution in [2.45, 2.75) is 19.3 Å². The van der Waals surface area contributed by atoms with E-state index in [2.05, 4.69) is 164 Å². The highest BCUT2D eigenvalue weighted by molar-refractivity contribution is 6.22. The molecule has 0 amide bonds. The summed E-state index contributed by atoms with van der Waals surface area (Å²) in [7, 11) is 0. The summed E-state index contributed by atoms with van der Waals surface area (Å²) in [6.07, 6.45) is 0. The molecule has 0 atom stereocenters. The van der Waals surface area contributed by atoms with Crippen LogP contribution in [0.4, 0.5) is 17.1 Å². The molecule has 47 heavy (non-hydrogen) atoms. The van der Waals surface area contributed by atoms with Crippen LogP contribution < -0.4 is 4.90 Å². The van der Waals surface area contributed by atoms with Crippen molar-refractivity contribution in [3.63, 3.8) is 0 Å². The van der Waals surface area contributed by atoms with E-state index in [1.807, 2.05) is 6.07 Å². The van der Waals surface area contributed by atoms with Crippen LogP contribution >= 0.6 is 0 Å². The van der Waals surface area contributed by atoms with E-state index in [0.29, 0.717) is 0 Å². The molecule has 8 aromatic carbocycles. The molecule has 0 aliphatic heterocycles. The lowest BCUT2D eigenvalue weighted by Crippen LogP contribution is -2.16. The summed E-state index contributed by atoms with van der Waals surface area (Å²) in [5.41, 5.74) is 10.4. The first-order valence-electron chi connectivity index (χ1n) is 16.4. The van der Waals surface area contributed by atoms with Gasteiger partial charge in [-0.1, -0.05) is 129 Å². The average Bonchev–Trinajstić information content (AvgIpc) is 3.62. The highest BCUT2D eigenvalue weighted by Gasteiger charge is 2.39. The van der Waals surface area contributed by atoms with Crippen molar-refractivity contribution in [1.29, 1.82) is 0 Å². The van der Waals surface area contributed by atoms with Gasteiger partial charge < -0.3 is 9.32 Å². The van der Waals surface area contributed by atoms with Gasteiger partial charge in [0.2, 0.25) is 0 Å². The van der Waals surface area contributed by atoms with Crippen LogP contribution in [0.3, 0.4) is 0 Å². The third kappa shape index (κ3) is 3.61. The Morgan fingerprint density at radius 2 is 1.17 bits per heavy atom. The third-order valence-electron chi connectivity index (χ3n) is 10.4. The van der Waals surface area contributed by atoms with Gasteiger partial charge in [-0.15, -0.1) is 0 Å². The number of furan rings is 1. The molecule has 0 unspecified atom stereocenters. The predicted octanol–water partition coefficient (Wildman–Crippen LogP) is 12.8. The van der Waals surface area contributed by atoms with Crippen molar-refractivity contribution in [3.05, 3.63) is 163 Å². The van der Waals surface area contributed by atoms with Gasteiger partial charge in [0, 0.05) is 27.6 Å². The van der Waals surface area contributed by atoms with Gasteiger partial charge in [0.05, 0.1) is 5.69 Å². The van der Waals surface area contributed by atoms with Crippen molar-refractivity contribution in [2.24, 2.45) is 0 Å². The average molecular weight is 602 g/mol. The Bertz CT molecular complexity index is 2720. The molecule has 1 aliphatic rings. The predicted molar refractivity (Wildman–Crippen MR) is 198 cm³/mol. The molecule has 0 bridgehead atoms. The van der Waals surface area contributed by atoms with Crippen LogP contribution in [0, 0.1) is 0 Å². The standard InChI is InChI=1S/C45H31NO/c1-45(2)38-26-23-28-13-6-7-16-31(28)41(38)42-34-19-9-8-17-32(34)37-27-30(24-25-35(37)43(42)45)46(29-14-4-3-5-15-29)39-21-12-20-36-33-18-10-11-22-40(33)47-44(36)39/h3-27H,1-2H3. The van der Waals surface area contributed by atoms with Gasteiger partial charge >= 0.3 is 0 Å². The Morgan fingerprint density at radius 3 is 2.02 bits per heavy atom. The Balaban J connectivity index is 1.29. The lowest BCUT2D eigenvalue weighted by Gasteiger charge is -2.27. The summed E-state index contributed by atoms with van der Waals surface area (Å²) in [6, 6.07) is 54.9. The first-order valence-corrected chi connectivity index (χ1v) is 16.4. The second-order valence-electron chi connectivity index (χ2n) is 13.3. The smallest absolute Gasteiger partial charge is 0.159 e. The van der Waals surface area contributed by atoms with E-state index in [1.165, 1.54) is 54.6 Å². The molecule has 9 aromatic rings. The maximum absolute atomic E-state index is 6.58. The molecule has 2 heteroatoms. The number of fused-ring (bicyclic) bond motifs is 13. The van der Waals surface area contributed by atoms with Crippen LogP contribution in [-0.4, -0.2) is 0 Å². The highest BCUT2D eigenvalue weighted by atomic mass is 16.3. The molecule has 1 aliphatic carbocycles. The van der Waals surface area contributed by atoms with Crippen molar-refractivity contribution in [3.8, 4) is 11.1 Å². The number of benzene rings is 8. The zero-order valence-corrected chi connectivity index (χ0v) is 26.3. The number of hydrogen-bond donors (Lipinski definition) is 0. The first-order chi connectivity index (χ1) is 23.1. The van der Waals surface area contributed by atoms with Gasteiger partial charge in [-0.3, -0.25) is 0 Å². The summed E-state index contributed by atoms with van der Waals surface area (Å²) in [4.78, 5) is 2.35. The zero-order valence-electron chi connectivity index (χ0n) is 26.3. The number of rotatable bonds is 3. The second kappa shape index (κ2) is 9.57. The van der Waals surface area contributed by atoms with Crippen LogP contribution in [0.2, 0.25) is 0 Å². The van der Waals surface area contributed by atoms with E-state index in [4.69, 9.17) is 4.42 Å². The molecule has 1 heterocycles. The summed E-state index contributed by atoms with van der Waals surface area (Å²) >= 11 is 0. The Labute approximate surface area is 273 Å². The Morgan fingerprint density at radius 1 is 0.468 bits per heavy atom. The van der Waals surface area contributed by atoms with Crippen LogP contribution in [-0.2, 0) is 5.41 Å². The van der Waals surface area contributed by atoms with Crippen LogP contribution in [0.5, 0.6) is 0 Å². The van der Waals surface area contributed by atoms with Gasteiger partial charge in [0.15, 0.2) is 5.58 Å². The fraction of sp³-hybridized carbons (Fsp3) is 0.0667. The highest BCUT2D eigenvalue weighted by Crippen LogP contribution is 2.57. The molecule has 0 N–H and O–H groups in total. The Hall–Kier alpha value is -5.86. The van der Waals surface area contributed by atoms with Gasteiger partial charge in [0.25, 0.3) is 0 Å². The molecule has 0 spiro atoms. The van der Waals surface area contributed by atoms with Crippen molar-refractivity contribution >= 4 is 71.3 Å². The minimum atomic E-state index is -0.155. The Kier molecular flexibility index (Phi) is 5.37. The normalized spacial score (nSPS) is 13.5. The number of nitrogens with zero attached hydrogens (tertiary/aromatic N) is 1. The minimum Gasteiger partial charge on any atom is -0.454 e. The molecule has 0 radical (unpaired) electrons. The van der Waals surface area contributed by atoms with Crippen LogP contribution in [0.1, 0.15) is 25.0 Å². The number of para-hydroxylation sites is 3. The topological polar surface area (TPSA) is 16.4 Å². The molecule has 222 valence electrons. The molecule has 0 fully saturated rings. The summed E-state index contributed by atoms with van der Waals surface area (Å²) in [5, 5.41) is 10.0. The molecule has 0 saturated heterocycles. The first kappa shape index (κ1) is 26.4. The fourth-order valence-electron chi connectivity index (χ4n) is 8.34. The van der Waals surface area contributed by atoms with Crippen molar-refractivity contribution in [1.82, 2.24) is 0 Å². The van der Waals surface area contributed by atoms with Crippen molar-refractivity contribution < 1.29 is 4.42 Å². The molecular formula is C45H31NO. The minimum absolute atomic E-state index is 0.155. The lowest BCUT2D eigenvalue weighted by atomic mass is 9.79. The summed E-state index contributed by atoms with van der Waals surface area (Å²) in [6.45, 7) is 4.79. The SMILES string of the molecule is CC1(C)c2ccc3ccccc3c2-c2c1c1ccc(N(c3ccccc3)c3cccc4c3oc3ccccc34)cc1c1ccccc21. The van der Waals surface area contributed by atoms with E-state index in [-0.39, 0.29) is 5.41 Å². The summed E-state index contributed by atoms with van der Waals surface area (Å²) < 4.78 is 6.58. The summed E-state index contributed by atoms with van der Waals surface area (Å²) in [5.74, 6) is 0. The van der Waals surface area contributed by atoms with Crippen LogP contribution in [0.15, 0.2) is 156 Å². The molecule has 10 rings (SSSR count). The van der Waals surface area contributed by atoms with Gasteiger partial charge in [-0.25, -0.2) is 0 Å². The maximum Gasteiger partial charge on any atom is 0.159 e. The molecule has 0 saturated carbocycles. The van der Waals surface area contributed by atoms with Gasteiger partial charge in [0.1, 0.15) is 5.58 Å². The van der Waals surface area contributed by atoms with Crippen LogP contribution in [0.25, 0.3) is 65.4 Å². The monoisotopic (exact) mass is 601 g/mol. The lowest BCUT2D eigenvalue weighted by molar-refractivity contribution is 0.667. The van der Waals surface area contributed by atoms with Gasteiger partial charge in [-0.2, -0.15) is 0 Å². The van der Waals surface area contributed by atoms with E-state index in [9.17, 15) is 0 Å². The molecular weight excluding hydrogens is 571 g/mol. The van der Waals surface area contributed by atoms with E-state index < -0.39 is 0 Å².